The average Bonchev–Trinajstić information content (AvgIpc) is 2.68. The molecule has 1 fully saturated rings. The van der Waals surface area contributed by atoms with Gasteiger partial charge in [0.25, 0.3) is 5.91 Å². The average molecular weight is 368 g/mol. The van der Waals surface area contributed by atoms with Crippen LogP contribution in [0.4, 0.5) is 0 Å². The molecule has 0 bridgehead atoms. The summed E-state index contributed by atoms with van der Waals surface area (Å²) in [5.74, 6) is 0.506. The highest BCUT2D eigenvalue weighted by Gasteiger charge is 2.26. The van der Waals surface area contributed by atoms with Gasteiger partial charge in [-0.1, -0.05) is 24.3 Å². The Morgan fingerprint density at radius 1 is 1.07 bits per heavy atom. The van der Waals surface area contributed by atoms with E-state index in [4.69, 9.17) is 9.84 Å². The molecule has 0 radical (unpaired) electrons. The highest BCUT2D eigenvalue weighted by molar-refractivity contribution is 5.94. The van der Waals surface area contributed by atoms with Gasteiger partial charge in [-0.3, -0.25) is 14.5 Å². The number of amides is 1. The van der Waals surface area contributed by atoms with Crippen LogP contribution in [0.15, 0.2) is 54.6 Å². The van der Waals surface area contributed by atoms with Gasteiger partial charge in [0.05, 0.1) is 6.54 Å². The lowest BCUT2D eigenvalue weighted by Gasteiger charge is -2.36. The van der Waals surface area contributed by atoms with Crippen molar-refractivity contribution in [2.45, 2.75) is 18.9 Å². The molecule has 6 heteroatoms. The molecule has 6 nitrogen and oxygen atoms in total. The molecule has 1 saturated heterocycles. The minimum atomic E-state index is -0.828. The molecule has 0 unspecified atom stereocenters. The number of likely N-dealkylation sites (N-methyl/N-ethyl adjacent to an activating group) is 1. The van der Waals surface area contributed by atoms with E-state index in [1.54, 1.807) is 12.1 Å². The predicted octanol–water partition coefficient (Wildman–Crippen LogP) is 3.10. The molecule has 2 aromatic carbocycles. The van der Waals surface area contributed by atoms with Crippen LogP contribution in [-0.4, -0.2) is 59.5 Å². The van der Waals surface area contributed by atoms with E-state index in [0.29, 0.717) is 24.4 Å². The third-order valence-corrected chi connectivity index (χ3v) is 4.82. The first-order valence-corrected chi connectivity index (χ1v) is 9.07. The summed E-state index contributed by atoms with van der Waals surface area (Å²) in [5, 5.41) is 8.92. The van der Waals surface area contributed by atoms with Gasteiger partial charge >= 0.3 is 5.97 Å². The van der Waals surface area contributed by atoms with Gasteiger partial charge in [-0.15, -0.1) is 0 Å². The summed E-state index contributed by atoms with van der Waals surface area (Å²) in [5.41, 5.74) is 0.598. The normalized spacial score (nSPS) is 15.0. The monoisotopic (exact) mass is 368 g/mol. The highest BCUT2D eigenvalue weighted by atomic mass is 16.5. The zero-order chi connectivity index (χ0) is 19.2. The van der Waals surface area contributed by atoms with E-state index in [1.165, 1.54) is 0 Å². The molecule has 1 aliphatic heterocycles. The predicted molar refractivity (Wildman–Crippen MR) is 102 cm³/mol. The summed E-state index contributed by atoms with van der Waals surface area (Å²) in [7, 11) is 1.82. The molecule has 0 aromatic heterocycles. The fraction of sp³-hybridized carbons (Fsp3) is 0.333. The molecule has 0 atom stereocenters. The van der Waals surface area contributed by atoms with E-state index >= 15 is 0 Å². The number of hydrogen-bond acceptors (Lipinski definition) is 4. The van der Waals surface area contributed by atoms with Gasteiger partial charge in [0, 0.05) is 24.7 Å². The topological polar surface area (TPSA) is 70.1 Å². The molecule has 0 spiro atoms. The van der Waals surface area contributed by atoms with Gasteiger partial charge in [-0.2, -0.15) is 0 Å². The summed E-state index contributed by atoms with van der Waals surface area (Å²) in [4.78, 5) is 27.3. The fourth-order valence-electron chi connectivity index (χ4n) is 3.35. The zero-order valence-electron chi connectivity index (χ0n) is 15.4. The van der Waals surface area contributed by atoms with Crippen LogP contribution in [0, 0.1) is 0 Å². The van der Waals surface area contributed by atoms with E-state index in [9.17, 15) is 9.59 Å². The smallest absolute Gasteiger partial charge is 0.317 e. The minimum absolute atomic E-state index is 0.0205. The maximum Gasteiger partial charge on any atom is 0.317 e. The lowest BCUT2D eigenvalue weighted by atomic mass is 10.0. The highest BCUT2D eigenvalue weighted by Crippen LogP contribution is 2.23. The van der Waals surface area contributed by atoms with E-state index in [1.807, 2.05) is 59.3 Å². The summed E-state index contributed by atoms with van der Waals surface area (Å²) in [6.07, 6.45) is 1.55. The first-order valence-electron chi connectivity index (χ1n) is 9.07. The van der Waals surface area contributed by atoms with Crippen molar-refractivity contribution < 1.29 is 19.4 Å². The Balaban J connectivity index is 1.60. The van der Waals surface area contributed by atoms with Crippen LogP contribution in [0.2, 0.25) is 0 Å². The van der Waals surface area contributed by atoms with Crippen molar-refractivity contribution >= 4 is 11.9 Å². The van der Waals surface area contributed by atoms with Crippen molar-refractivity contribution in [3.63, 3.8) is 0 Å². The van der Waals surface area contributed by atoms with Gasteiger partial charge in [0.15, 0.2) is 0 Å². The SMILES string of the molecule is CN(CC(=O)O)C1CCN(C(=O)c2cccc(Oc3ccccc3)c2)CC1. The number of nitrogens with zero attached hydrogens (tertiary/aromatic N) is 2. The minimum Gasteiger partial charge on any atom is -0.480 e. The Hall–Kier alpha value is -2.86. The molecular formula is C21H24N2O4. The largest absolute Gasteiger partial charge is 0.480 e. The second kappa shape index (κ2) is 8.68. The van der Waals surface area contributed by atoms with Crippen molar-refractivity contribution in [2.75, 3.05) is 26.7 Å². The molecule has 142 valence electrons. The number of carbonyl (C=O) groups excluding carboxylic acids is 1. The number of para-hydroxylation sites is 1. The third kappa shape index (κ3) is 5.08. The fourth-order valence-corrected chi connectivity index (χ4v) is 3.35. The quantitative estimate of drug-likeness (QED) is 0.848. The van der Waals surface area contributed by atoms with Crippen molar-refractivity contribution in [2.24, 2.45) is 0 Å². The van der Waals surface area contributed by atoms with Gasteiger partial charge in [0.1, 0.15) is 11.5 Å². The number of carbonyl (C=O) groups is 2. The van der Waals surface area contributed by atoms with Crippen molar-refractivity contribution in [1.82, 2.24) is 9.80 Å². The molecule has 2 aromatic rings. The van der Waals surface area contributed by atoms with E-state index in [2.05, 4.69) is 0 Å². The number of benzene rings is 2. The maximum absolute atomic E-state index is 12.8. The zero-order valence-corrected chi connectivity index (χ0v) is 15.4. The van der Waals surface area contributed by atoms with Crippen molar-refractivity contribution in [1.29, 1.82) is 0 Å². The number of ether oxygens (including phenoxy) is 1. The standard InChI is InChI=1S/C21H24N2O4/c1-22(15-20(24)25)17-10-12-23(13-11-17)21(26)16-6-5-9-19(14-16)27-18-7-3-2-4-8-18/h2-9,14,17H,10-13,15H2,1H3,(H,24,25). The van der Waals surface area contributed by atoms with E-state index in [0.717, 1.165) is 18.6 Å². The molecule has 0 aliphatic carbocycles. The van der Waals surface area contributed by atoms with E-state index < -0.39 is 5.97 Å². The van der Waals surface area contributed by atoms with Gasteiger partial charge in [-0.25, -0.2) is 0 Å². The van der Waals surface area contributed by atoms with Gasteiger partial charge in [0.2, 0.25) is 0 Å². The Morgan fingerprint density at radius 2 is 1.74 bits per heavy atom. The van der Waals surface area contributed by atoms with Gasteiger partial charge < -0.3 is 14.7 Å². The number of likely N-dealkylation sites (tertiary alicyclic amines) is 1. The Morgan fingerprint density at radius 3 is 2.41 bits per heavy atom. The van der Waals surface area contributed by atoms with E-state index in [-0.39, 0.29) is 18.5 Å². The molecule has 1 heterocycles. The lowest BCUT2D eigenvalue weighted by molar-refractivity contribution is -0.138. The van der Waals surface area contributed by atoms with Crippen LogP contribution >= 0.6 is 0 Å². The van der Waals surface area contributed by atoms with Crippen LogP contribution in [-0.2, 0) is 4.79 Å². The molecule has 1 amide bonds. The molecule has 3 rings (SSSR count). The molecule has 1 aliphatic rings. The first kappa shape index (κ1) is 18.9. The Kier molecular flexibility index (Phi) is 6.08. The number of aliphatic carboxylic acids is 1. The number of rotatable bonds is 6. The number of hydrogen-bond donors (Lipinski definition) is 1. The van der Waals surface area contributed by atoms with Gasteiger partial charge in [-0.05, 0) is 50.2 Å². The summed E-state index contributed by atoms with van der Waals surface area (Å²) >= 11 is 0. The van der Waals surface area contributed by atoms with Crippen LogP contribution in [0.25, 0.3) is 0 Å². The van der Waals surface area contributed by atoms with Crippen molar-refractivity contribution in [3.8, 4) is 11.5 Å². The first-order chi connectivity index (χ1) is 13.0. The number of piperidine rings is 1. The molecule has 1 N–H and O–H groups in total. The second-order valence-corrected chi connectivity index (χ2v) is 6.78. The van der Waals surface area contributed by atoms with Crippen LogP contribution in [0.1, 0.15) is 23.2 Å². The number of carboxylic acid groups (broad SMARTS) is 1. The molecule has 27 heavy (non-hydrogen) atoms. The molecule has 0 saturated carbocycles. The van der Waals surface area contributed by atoms with Crippen LogP contribution in [0.5, 0.6) is 11.5 Å². The molecular weight excluding hydrogens is 344 g/mol. The third-order valence-electron chi connectivity index (χ3n) is 4.82. The summed E-state index contributed by atoms with van der Waals surface area (Å²) < 4.78 is 5.81. The lowest BCUT2D eigenvalue weighted by Crippen LogP contribution is -2.46. The van der Waals surface area contributed by atoms with Crippen molar-refractivity contribution in [3.05, 3.63) is 60.2 Å². The summed E-state index contributed by atoms with van der Waals surface area (Å²) in [6, 6.07) is 16.9. The maximum atomic E-state index is 12.8. The van der Waals surface area contributed by atoms with Crippen LogP contribution < -0.4 is 4.74 Å². The summed E-state index contributed by atoms with van der Waals surface area (Å²) in [6.45, 7) is 1.27. The Bertz CT molecular complexity index is 786. The second-order valence-electron chi connectivity index (χ2n) is 6.78. The Labute approximate surface area is 159 Å². The number of carboxylic acids is 1. The van der Waals surface area contributed by atoms with Crippen LogP contribution in [0.3, 0.4) is 0 Å².